The van der Waals surface area contributed by atoms with Crippen LogP contribution in [0.25, 0.3) is 0 Å². The predicted octanol–water partition coefficient (Wildman–Crippen LogP) is 4.38. The van der Waals surface area contributed by atoms with Crippen LogP contribution in [-0.4, -0.2) is 37.0 Å². The Kier molecular flexibility index (Phi) is 7.36. The lowest BCUT2D eigenvalue weighted by molar-refractivity contribution is -0.384. The van der Waals surface area contributed by atoms with Crippen LogP contribution >= 0.6 is 23.2 Å². The van der Waals surface area contributed by atoms with Crippen molar-refractivity contribution in [1.29, 1.82) is 0 Å². The highest BCUT2D eigenvalue weighted by Gasteiger charge is 2.25. The third kappa shape index (κ3) is 4.99. The molecule has 2 rings (SSSR count). The van der Waals surface area contributed by atoms with Gasteiger partial charge < -0.3 is 0 Å². The van der Waals surface area contributed by atoms with Crippen molar-refractivity contribution >= 4 is 50.8 Å². The fourth-order valence-electron chi connectivity index (χ4n) is 2.41. The molecule has 150 valence electrons. The van der Waals surface area contributed by atoms with Crippen molar-refractivity contribution in [2.24, 2.45) is 5.10 Å². The fraction of sp³-hybridized carbons (Fsp3) is 0.235. The monoisotopic (exact) mass is 444 g/mol. The Morgan fingerprint density at radius 1 is 1.18 bits per heavy atom. The summed E-state index contributed by atoms with van der Waals surface area (Å²) in [4.78, 5) is 10.6. The summed E-state index contributed by atoms with van der Waals surface area (Å²) in [5, 5.41) is 16.2. The number of nitro groups is 1. The van der Waals surface area contributed by atoms with Gasteiger partial charge in [0.15, 0.2) is 0 Å². The molecular formula is C17H18Cl2N4O4S. The normalized spacial score (nSPS) is 11.9. The van der Waals surface area contributed by atoms with E-state index in [4.69, 9.17) is 23.2 Å². The van der Waals surface area contributed by atoms with E-state index in [1.165, 1.54) is 22.7 Å². The van der Waals surface area contributed by atoms with Gasteiger partial charge in [-0.05, 0) is 24.3 Å². The molecule has 0 aliphatic heterocycles. The molecule has 0 aliphatic carbocycles. The van der Waals surface area contributed by atoms with Gasteiger partial charge in [-0.25, -0.2) is 8.42 Å². The maximum absolute atomic E-state index is 12.6. The van der Waals surface area contributed by atoms with Crippen LogP contribution in [0.3, 0.4) is 0 Å². The minimum absolute atomic E-state index is 0.0461. The van der Waals surface area contributed by atoms with Gasteiger partial charge in [-0.15, -0.1) is 0 Å². The molecule has 0 aromatic heterocycles. The lowest BCUT2D eigenvalue weighted by atomic mass is 10.2. The third-order valence-electron chi connectivity index (χ3n) is 3.86. The van der Waals surface area contributed by atoms with Gasteiger partial charge in [0.1, 0.15) is 5.69 Å². The van der Waals surface area contributed by atoms with Crippen molar-refractivity contribution < 1.29 is 13.3 Å². The second-order valence-electron chi connectivity index (χ2n) is 5.56. The number of hydrazone groups is 1. The number of halogens is 2. The van der Waals surface area contributed by atoms with Gasteiger partial charge in [-0.1, -0.05) is 43.1 Å². The van der Waals surface area contributed by atoms with Crippen LogP contribution in [0.15, 0.2) is 46.4 Å². The highest BCUT2D eigenvalue weighted by molar-refractivity contribution is 7.89. The standard InChI is InChI=1S/C17H18Cl2N4O4S/c1-3-22(4-2)28(26,27)14-7-8-16(17(10-14)23(24)25)21-20-11-12-5-6-13(18)9-15(12)19/h5-11,21H,3-4H2,1-2H3/b20-11-. The molecule has 11 heteroatoms. The van der Waals surface area contributed by atoms with E-state index >= 15 is 0 Å². The molecule has 0 fully saturated rings. The number of sulfonamides is 1. The maximum atomic E-state index is 12.6. The van der Waals surface area contributed by atoms with Crippen LogP contribution in [0.1, 0.15) is 19.4 Å². The Morgan fingerprint density at radius 3 is 2.43 bits per heavy atom. The minimum Gasteiger partial charge on any atom is -0.272 e. The summed E-state index contributed by atoms with van der Waals surface area (Å²) in [6.07, 6.45) is 1.38. The summed E-state index contributed by atoms with van der Waals surface area (Å²) in [5.41, 5.74) is 2.74. The molecule has 0 spiro atoms. The smallest absolute Gasteiger partial charge is 0.272 e. The first-order chi connectivity index (χ1) is 13.2. The first kappa shape index (κ1) is 22.1. The Balaban J connectivity index is 2.33. The van der Waals surface area contributed by atoms with Crippen LogP contribution in [0, 0.1) is 10.1 Å². The van der Waals surface area contributed by atoms with Crippen LogP contribution in [0.5, 0.6) is 0 Å². The molecule has 0 saturated heterocycles. The van der Waals surface area contributed by atoms with E-state index in [2.05, 4.69) is 10.5 Å². The van der Waals surface area contributed by atoms with Crippen LogP contribution in [-0.2, 0) is 10.0 Å². The lowest BCUT2D eigenvalue weighted by Gasteiger charge is -2.18. The highest BCUT2D eigenvalue weighted by Crippen LogP contribution is 2.29. The number of rotatable bonds is 8. The second-order valence-corrected chi connectivity index (χ2v) is 8.34. The van der Waals surface area contributed by atoms with Gasteiger partial charge >= 0.3 is 0 Å². The van der Waals surface area contributed by atoms with Crippen molar-refractivity contribution in [2.75, 3.05) is 18.5 Å². The highest BCUT2D eigenvalue weighted by atomic mass is 35.5. The quantitative estimate of drug-likeness (QED) is 0.369. The van der Waals surface area contributed by atoms with Gasteiger partial charge in [0, 0.05) is 29.7 Å². The molecule has 0 saturated carbocycles. The molecule has 0 aliphatic rings. The maximum Gasteiger partial charge on any atom is 0.295 e. The van der Waals surface area contributed by atoms with Gasteiger partial charge in [-0.3, -0.25) is 15.5 Å². The fourth-order valence-corrected chi connectivity index (χ4v) is 4.34. The summed E-state index contributed by atoms with van der Waals surface area (Å²) in [5.74, 6) is 0. The number of nitro benzene ring substituents is 1. The molecule has 8 nitrogen and oxygen atoms in total. The number of nitrogens with one attached hydrogen (secondary N) is 1. The summed E-state index contributed by atoms with van der Waals surface area (Å²) in [6.45, 7) is 3.92. The second kappa shape index (κ2) is 9.33. The van der Waals surface area contributed by atoms with Crippen LogP contribution in [0.2, 0.25) is 10.0 Å². The summed E-state index contributed by atoms with van der Waals surface area (Å²) in [6, 6.07) is 8.43. The molecule has 2 aromatic carbocycles. The van der Waals surface area contributed by atoms with Gasteiger partial charge in [0.05, 0.1) is 21.1 Å². The Hall–Kier alpha value is -2.20. The number of nitrogens with zero attached hydrogens (tertiary/aromatic N) is 3. The Bertz CT molecular complexity index is 1010. The largest absolute Gasteiger partial charge is 0.295 e. The first-order valence-corrected chi connectivity index (χ1v) is 10.4. The zero-order valence-electron chi connectivity index (χ0n) is 15.1. The predicted molar refractivity (Wildman–Crippen MR) is 111 cm³/mol. The molecule has 1 N–H and O–H groups in total. The van der Waals surface area contributed by atoms with Crippen molar-refractivity contribution in [1.82, 2.24) is 4.31 Å². The molecule has 0 bridgehead atoms. The molecule has 0 radical (unpaired) electrons. The van der Waals surface area contributed by atoms with E-state index in [9.17, 15) is 18.5 Å². The van der Waals surface area contributed by atoms with E-state index in [-0.39, 0.29) is 23.7 Å². The van der Waals surface area contributed by atoms with Crippen molar-refractivity contribution in [3.05, 3.63) is 62.1 Å². The van der Waals surface area contributed by atoms with Gasteiger partial charge in [-0.2, -0.15) is 9.41 Å². The SMILES string of the molecule is CCN(CC)S(=O)(=O)c1ccc(N/N=C\c2ccc(Cl)cc2Cl)c([N+](=O)[O-])c1. The van der Waals surface area contributed by atoms with E-state index < -0.39 is 20.6 Å². The molecule has 0 atom stereocenters. The van der Waals surface area contributed by atoms with Crippen LogP contribution in [0.4, 0.5) is 11.4 Å². The zero-order chi connectivity index (χ0) is 20.9. The van der Waals surface area contributed by atoms with Gasteiger partial charge in [0.2, 0.25) is 10.0 Å². The number of benzene rings is 2. The summed E-state index contributed by atoms with van der Waals surface area (Å²) in [7, 11) is -3.81. The minimum atomic E-state index is -3.81. The third-order valence-corrected chi connectivity index (χ3v) is 6.47. The van der Waals surface area contributed by atoms with Crippen molar-refractivity contribution in [3.8, 4) is 0 Å². The van der Waals surface area contributed by atoms with Crippen molar-refractivity contribution in [3.63, 3.8) is 0 Å². The number of hydrogen-bond donors (Lipinski definition) is 1. The van der Waals surface area contributed by atoms with E-state index in [1.54, 1.807) is 32.0 Å². The number of hydrogen-bond acceptors (Lipinski definition) is 6. The average molecular weight is 445 g/mol. The Labute approximate surface area is 173 Å². The topological polar surface area (TPSA) is 105 Å². The Morgan fingerprint density at radius 2 is 1.86 bits per heavy atom. The summed E-state index contributed by atoms with van der Waals surface area (Å²) < 4.78 is 26.4. The van der Waals surface area contributed by atoms with Crippen LogP contribution < -0.4 is 5.43 Å². The molecule has 0 unspecified atom stereocenters. The molecule has 0 heterocycles. The summed E-state index contributed by atoms with van der Waals surface area (Å²) >= 11 is 11.9. The first-order valence-electron chi connectivity index (χ1n) is 8.23. The molecule has 28 heavy (non-hydrogen) atoms. The average Bonchev–Trinajstić information content (AvgIpc) is 2.64. The lowest BCUT2D eigenvalue weighted by Crippen LogP contribution is -2.30. The molecular weight excluding hydrogens is 427 g/mol. The van der Waals surface area contributed by atoms with Crippen molar-refractivity contribution in [2.45, 2.75) is 18.7 Å². The van der Waals surface area contributed by atoms with E-state index in [0.29, 0.717) is 15.6 Å². The number of anilines is 1. The zero-order valence-corrected chi connectivity index (χ0v) is 17.4. The van der Waals surface area contributed by atoms with E-state index in [1.807, 2.05) is 0 Å². The molecule has 0 amide bonds. The van der Waals surface area contributed by atoms with E-state index in [0.717, 1.165) is 6.07 Å². The molecule has 2 aromatic rings. The van der Waals surface area contributed by atoms with Gasteiger partial charge in [0.25, 0.3) is 5.69 Å².